The van der Waals surface area contributed by atoms with Crippen molar-refractivity contribution >= 4 is 7.80 Å². The largest absolute Gasteiger partial charge is 0.347 e. The molecule has 1 unspecified atom stereocenters. The summed E-state index contributed by atoms with van der Waals surface area (Å²) in [5, 5.41) is -0.223. The molecule has 0 bridgehead atoms. The van der Waals surface area contributed by atoms with E-state index in [9.17, 15) is 4.57 Å². The van der Waals surface area contributed by atoms with Crippen LogP contribution in [0.15, 0.2) is 0 Å². The Kier molecular flexibility index (Phi) is 5.86. The highest BCUT2D eigenvalue weighted by Crippen LogP contribution is 2.43. The monoisotopic (exact) mass is 208 g/mol. The highest BCUT2D eigenvalue weighted by Gasteiger charge is 2.28. The van der Waals surface area contributed by atoms with Crippen molar-refractivity contribution in [3.05, 3.63) is 0 Å². The van der Waals surface area contributed by atoms with Gasteiger partial charge >= 0.3 is 0 Å². The summed E-state index contributed by atoms with van der Waals surface area (Å²) < 4.78 is 22.4. The van der Waals surface area contributed by atoms with Crippen LogP contribution in [0.1, 0.15) is 34.6 Å². The lowest BCUT2D eigenvalue weighted by molar-refractivity contribution is -0.0806. The lowest BCUT2D eigenvalue weighted by Gasteiger charge is -2.25. The van der Waals surface area contributed by atoms with Crippen LogP contribution in [0.4, 0.5) is 0 Å². The Hall–Kier alpha value is 0.150. The quantitative estimate of drug-likeness (QED) is 0.514. The Bertz CT molecular complexity index is 157. The van der Waals surface area contributed by atoms with E-state index in [4.69, 9.17) is 9.47 Å². The second kappa shape index (κ2) is 5.79. The van der Waals surface area contributed by atoms with Gasteiger partial charge in [0.15, 0.2) is 0 Å². The smallest absolute Gasteiger partial charge is 0.209 e. The van der Waals surface area contributed by atoms with Crippen molar-refractivity contribution < 1.29 is 14.0 Å². The third kappa shape index (κ3) is 4.80. The third-order valence-corrected chi connectivity index (χ3v) is 3.83. The van der Waals surface area contributed by atoms with Gasteiger partial charge in [-0.1, -0.05) is 20.8 Å². The molecular formula is C9H21O3P. The molecule has 0 radical (unpaired) electrons. The fourth-order valence-corrected chi connectivity index (χ4v) is 2.20. The minimum absolute atomic E-state index is 0.223. The Morgan fingerprint density at radius 3 is 1.77 bits per heavy atom. The van der Waals surface area contributed by atoms with Gasteiger partial charge in [-0.25, -0.2) is 0 Å². The van der Waals surface area contributed by atoms with Crippen molar-refractivity contribution in [2.75, 3.05) is 13.2 Å². The van der Waals surface area contributed by atoms with Gasteiger partial charge < -0.3 is 14.0 Å². The summed E-state index contributed by atoms with van der Waals surface area (Å²) in [7, 11) is -1.86. The average molecular weight is 208 g/mol. The topological polar surface area (TPSA) is 35.5 Å². The fourth-order valence-electron chi connectivity index (χ4n) is 0.856. The summed E-state index contributed by atoms with van der Waals surface area (Å²) in [5.74, 6) is 0. The predicted octanol–water partition coefficient (Wildman–Crippen LogP) is 2.70. The summed E-state index contributed by atoms with van der Waals surface area (Å²) in [6, 6.07) is -0.514. The summed E-state index contributed by atoms with van der Waals surface area (Å²) in [6.45, 7) is 10.7. The van der Waals surface area contributed by atoms with E-state index in [1.165, 1.54) is 0 Å². The summed E-state index contributed by atoms with van der Waals surface area (Å²) in [4.78, 5) is 0. The van der Waals surface area contributed by atoms with Gasteiger partial charge in [0.25, 0.3) is 0 Å². The van der Waals surface area contributed by atoms with Crippen LogP contribution in [-0.2, 0) is 14.0 Å². The summed E-state index contributed by atoms with van der Waals surface area (Å²) >= 11 is 0. The maximum absolute atomic E-state index is 11.9. The van der Waals surface area contributed by atoms with Crippen LogP contribution in [0.3, 0.4) is 0 Å². The van der Waals surface area contributed by atoms with E-state index in [-0.39, 0.29) is 5.16 Å². The predicted molar refractivity (Wildman–Crippen MR) is 55.8 cm³/mol. The number of hydrogen-bond acceptors (Lipinski definition) is 3. The number of hydrogen-bond donors (Lipinski definition) is 0. The highest BCUT2D eigenvalue weighted by atomic mass is 31.1. The van der Waals surface area contributed by atoms with Crippen molar-refractivity contribution in [1.29, 1.82) is 0 Å². The minimum atomic E-state index is -1.86. The first-order chi connectivity index (χ1) is 5.93. The molecule has 0 saturated heterocycles. The molecule has 3 nitrogen and oxygen atoms in total. The molecule has 4 heteroatoms. The molecule has 0 fully saturated rings. The van der Waals surface area contributed by atoms with E-state index in [0.717, 1.165) is 0 Å². The molecule has 0 aromatic heterocycles. The molecule has 1 atom stereocenters. The van der Waals surface area contributed by atoms with Gasteiger partial charge in [-0.3, -0.25) is 0 Å². The Labute approximate surface area is 81.6 Å². The molecule has 80 valence electrons. The van der Waals surface area contributed by atoms with E-state index < -0.39 is 13.8 Å². The first kappa shape index (κ1) is 13.2. The van der Waals surface area contributed by atoms with Crippen molar-refractivity contribution in [2.24, 2.45) is 0 Å². The second-order valence-electron chi connectivity index (χ2n) is 3.86. The van der Waals surface area contributed by atoms with E-state index in [1.807, 2.05) is 34.6 Å². The Balaban J connectivity index is 4.27. The maximum Gasteiger partial charge on any atom is 0.209 e. The standard InChI is InChI=1S/C9H21O3P/c1-6-11-8(12-7-2)13(10)9(3,4)5/h8,13H,6-7H2,1-5H3. The van der Waals surface area contributed by atoms with Gasteiger partial charge in [0.1, 0.15) is 7.80 Å². The SMILES string of the molecule is CCOC(OCC)[PH](=O)C(C)(C)C. The molecule has 0 aliphatic carbocycles. The molecule has 0 amide bonds. The highest BCUT2D eigenvalue weighted by molar-refractivity contribution is 7.46. The number of ether oxygens (including phenoxy) is 2. The van der Waals surface area contributed by atoms with Gasteiger partial charge in [-0.2, -0.15) is 0 Å². The van der Waals surface area contributed by atoms with Crippen molar-refractivity contribution in [3.63, 3.8) is 0 Å². The first-order valence-corrected chi connectivity index (χ1v) is 6.19. The fraction of sp³-hybridized carbons (Fsp3) is 1.00. The maximum atomic E-state index is 11.9. The molecule has 13 heavy (non-hydrogen) atoms. The van der Waals surface area contributed by atoms with Crippen molar-refractivity contribution in [1.82, 2.24) is 0 Å². The van der Waals surface area contributed by atoms with Crippen LogP contribution in [0.2, 0.25) is 0 Å². The van der Waals surface area contributed by atoms with E-state index >= 15 is 0 Å². The molecule has 0 aliphatic heterocycles. The molecule has 0 heterocycles. The minimum Gasteiger partial charge on any atom is -0.347 e. The zero-order valence-corrected chi connectivity index (χ0v) is 10.2. The zero-order valence-electron chi connectivity index (χ0n) is 9.22. The van der Waals surface area contributed by atoms with Crippen molar-refractivity contribution in [2.45, 2.75) is 45.8 Å². The number of rotatable bonds is 5. The van der Waals surface area contributed by atoms with Crippen molar-refractivity contribution in [3.8, 4) is 0 Å². The lowest BCUT2D eigenvalue weighted by Crippen LogP contribution is -2.21. The van der Waals surface area contributed by atoms with Gasteiger partial charge in [0.05, 0.1) is 0 Å². The molecule has 0 aromatic carbocycles. The van der Waals surface area contributed by atoms with E-state index in [1.54, 1.807) is 0 Å². The molecule has 0 spiro atoms. The van der Waals surface area contributed by atoms with Crippen LogP contribution in [0.5, 0.6) is 0 Å². The lowest BCUT2D eigenvalue weighted by atomic mass is 10.3. The average Bonchev–Trinajstić information content (AvgIpc) is 2.01. The second-order valence-corrected chi connectivity index (χ2v) is 6.56. The van der Waals surface area contributed by atoms with Crippen LogP contribution < -0.4 is 0 Å². The molecular weight excluding hydrogens is 187 g/mol. The summed E-state index contributed by atoms with van der Waals surface area (Å²) in [6.07, 6.45) is 0. The van der Waals surface area contributed by atoms with E-state index in [0.29, 0.717) is 13.2 Å². The van der Waals surface area contributed by atoms with Crippen LogP contribution in [0.25, 0.3) is 0 Å². The molecule has 0 rings (SSSR count). The van der Waals surface area contributed by atoms with Gasteiger partial charge in [-0.05, 0) is 13.8 Å². The van der Waals surface area contributed by atoms with Gasteiger partial charge in [0, 0.05) is 18.4 Å². The molecule has 0 saturated carbocycles. The van der Waals surface area contributed by atoms with Crippen LogP contribution >= 0.6 is 7.80 Å². The Morgan fingerprint density at radius 2 is 1.54 bits per heavy atom. The summed E-state index contributed by atoms with van der Waals surface area (Å²) in [5.41, 5.74) is 0. The first-order valence-electron chi connectivity index (χ1n) is 4.71. The third-order valence-electron chi connectivity index (χ3n) is 1.59. The Morgan fingerprint density at radius 1 is 1.15 bits per heavy atom. The van der Waals surface area contributed by atoms with Crippen LogP contribution in [0, 0.1) is 0 Å². The molecule has 0 aromatic rings. The normalized spacial score (nSPS) is 14.9. The molecule has 0 aliphatic rings. The van der Waals surface area contributed by atoms with Crippen LogP contribution in [-0.4, -0.2) is 24.4 Å². The molecule has 0 N–H and O–H groups in total. The van der Waals surface area contributed by atoms with Gasteiger partial charge in [0.2, 0.25) is 6.03 Å². The zero-order chi connectivity index (χ0) is 10.5. The van der Waals surface area contributed by atoms with E-state index in [2.05, 4.69) is 0 Å². The van der Waals surface area contributed by atoms with Gasteiger partial charge in [-0.15, -0.1) is 0 Å².